The van der Waals surface area contributed by atoms with Gasteiger partial charge in [-0.1, -0.05) is 13.8 Å². The lowest BCUT2D eigenvalue weighted by Crippen LogP contribution is -2.55. The Bertz CT molecular complexity index is 1480. The fraction of sp³-hybridized carbons (Fsp3) is 0.762. The fourth-order valence-electron chi connectivity index (χ4n) is 4.38. The van der Waals surface area contributed by atoms with E-state index in [1.165, 1.54) is 13.8 Å². The van der Waals surface area contributed by atoms with E-state index in [1.54, 1.807) is 0 Å². The molecule has 3 heterocycles. The van der Waals surface area contributed by atoms with E-state index >= 15 is 0 Å². The Morgan fingerprint density at radius 1 is 1.18 bits per heavy atom. The average molecular weight is 786 g/mol. The number of carbonyl (C=O) groups is 2. The molecule has 0 spiro atoms. The molecule has 8 atom stereocenters. The van der Waals surface area contributed by atoms with Gasteiger partial charge < -0.3 is 55.2 Å². The van der Waals surface area contributed by atoms with E-state index in [1.807, 2.05) is 0 Å². The predicted molar refractivity (Wildman–Crippen MR) is 168 cm³/mol. The smallest absolute Gasteiger partial charge is 0.386 e. The van der Waals surface area contributed by atoms with Crippen molar-refractivity contribution in [2.75, 3.05) is 38.7 Å². The van der Waals surface area contributed by atoms with E-state index in [9.17, 15) is 58.2 Å². The van der Waals surface area contributed by atoms with Gasteiger partial charge in [0.1, 0.15) is 43.1 Å². The molecule has 0 saturated carbocycles. The highest BCUT2D eigenvalue weighted by Gasteiger charge is 2.54. The summed E-state index contributed by atoms with van der Waals surface area (Å²) in [5.41, 5.74) is 3.83. The van der Waals surface area contributed by atoms with Crippen molar-refractivity contribution in [1.29, 1.82) is 0 Å². The number of hydrogen-bond donors (Lipinski definition) is 11. The number of phosphoric acid groups is 3. The summed E-state index contributed by atoms with van der Waals surface area (Å²) in [5, 5.41) is 36.3. The second-order valence-electron chi connectivity index (χ2n) is 11.3. The summed E-state index contributed by atoms with van der Waals surface area (Å²) in [6.45, 7) is 0.295. The predicted octanol–water partition coefficient (Wildman–Crippen LogP) is -3.50. The largest absolute Gasteiger partial charge is 0.481 e. The Kier molecular flexibility index (Phi) is 13.9. The van der Waals surface area contributed by atoms with Crippen LogP contribution in [0.5, 0.6) is 0 Å². The molecule has 0 aromatic heterocycles. The molecule has 24 nitrogen and oxygen atoms in total. The van der Waals surface area contributed by atoms with Crippen LogP contribution in [0.1, 0.15) is 20.3 Å². The van der Waals surface area contributed by atoms with Gasteiger partial charge in [-0.3, -0.25) is 33.9 Å². The summed E-state index contributed by atoms with van der Waals surface area (Å²) >= 11 is 3.95. The molecule has 11 N–H and O–H groups in total. The number of aliphatic imine (C=N–C) groups is 3. The number of nitrogens with two attached hydrogens (primary N) is 1. The highest BCUT2D eigenvalue weighted by Crippen LogP contribution is 2.61. The third-order valence-electron chi connectivity index (χ3n) is 6.81. The molecular formula is C21H38N7O17P3S. The van der Waals surface area contributed by atoms with Gasteiger partial charge in [-0.15, -0.1) is 0 Å². The van der Waals surface area contributed by atoms with Crippen LogP contribution in [0, 0.1) is 5.41 Å². The summed E-state index contributed by atoms with van der Waals surface area (Å²) < 4.78 is 60.6. The van der Waals surface area contributed by atoms with Gasteiger partial charge in [-0.2, -0.15) is 16.9 Å². The number of fused-ring (bicyclic) bond motifs is 1. The van der Waals surface area contributed by atoms with Crippen molar-refractivity contribution in [1.82, 2.24) is 15.5 Å². The van der Waals surface area contributed by atoms with Gasteiger partial charge in [-0.25, -0.2) is 23.7 Å². The summed E-state index contributed by atoms with van der Waals surface area (Å²) in [6.07, 6.45) is -8.26. The lowest BCUT2D eigenvalue weighted by atomic mass is 9.87. The Labute approximate surface area is 283 Å². The Hall–Kier alpha value is -1.73. The number of ether oxygens (including phenoxy) is 1. The molecule has 0 aromatic carbocycles. The number of amidine groups is 1. The monoisotopic (exact) mass is 785 g/mol. The quantitative estimate of drug-likeness (QED) is 0.0365. The van der Waals surface area contributed by atoms with E-state index < -0.39 is 84.5 Å². The van der Waals surface area contributed by atoms with Crippen LogP contribution in [-0.2, 0) is 45.9 Å². The van der Waals surface area contributed by atoms with Crippen LogP contribution >= 0.6 is 36.1 Å². The molecule has 1 saturated heterocycles. The molecule has 0 aliphatic carbocycles. The minimum atomic E-state index is -5.57. The molecule has 3 unspecified atom stereocenters. The maximum Gasteiger partial charge on any atom is 0.481 e. The van der Waals surface area contributed by atoms with Gasteiger partial charge in [0.05, 0.1) is 13.2 Å². The number of nitrogens with zero attached hydrogens (tertiary/aromatic N) is 4. The zero-order valence-electron chi connectivity index (χ0n) is 25.8. The van der Waals surface area contributed by atoms with Crippen LogP contribution in [0.4, 0.5) is 0 Å². The molecule has 28 heteroatoms. The van der Waals surface area contributed by atoms with Crippen LogP contribution in [0.2, 0.25) is 0 Å². The summed E-state index contributed by atoms with van der Waals surface area (Å²) in [5.74, 6) is -3.35. The van der Waals surface area contributed by atoms with Gasteiger partial charge in [0.15, 0.2) is 12.1 Å². The third kappa shape index (κ3) is 11.6. The number of phosphoric ester groups is 3. The topological polar surface area (TPSA) is 364 Å². The normalized spacial score (nSPS) is 28.6. The van der Waals surface area contributed by atoms with Crippen molar-refractivity contribution < 1.29 is 80.8 Å². The number of thiol groups is 1. The van der Waals surface area contributed by atoms with E-state index in [0.29, 0.717) is 12.3 Å². The molecule has 0 bridgehead atoms. The first kappa shape index (κ1) is 41.7. The van der Waals surface area contributed by atoms with Gasteiger partial charge in [-0.05, 0) is 0 Å². The van der Waals surface area contributed by atoms with E-state index in [-0.39, 0.29) is 37.1 Å². The van der Waals surface area contributed by atoms with Crippen LogP contribution in [0.15, 0.2) is 15.0 Å². The van der Waals surface area contributed by atoms with Crippen LogP contribution in [0.25, 0.3) is 0 Å². The van der Waals surface area contributed by atoms with Gasteiger partial charge in [0.2, 0.25) is 11.8 Å². The lowest BCUT2D eigenvalue weighted by Gasteiger charge is -2.30. The van der Waals surface area contributed by atoms with Crippen molar-refractivity contribution in [3.63, 3.8) is 0 Å². The highest BCUT2D eigenvalue weighted by atomic mass is 32.1. The number of nitrogens with one attached hydrogen (secondary N) is 2. The molecule has 280 valence electrons. The molecule has 0 radical (unpaired) electrons. The average Bonchev–Trinajstić information content (AvgIpc) is 3.54. The van der Waals surface area contributed by atoms with E-state index in [4.69, 9.17) is 19.5 Å². The maximum atomic E-state index is 12.6. The molecule has 1 fully saturated rings. The van der Waals surface area contributed by atoms with Gasteiger partial charge in [0, 0.05) is 30.7 Å². The van der Waals surface area contributed by atoms with E-state index in [0.717, 1.165) is 11.2 Å². The van der Waals surface area contributed by atoms with Crippen molar-refractivity contribution >= 4 is 65.8 Å². The number of amides is 2. The Balaban J connectivity index is 1.59. The van der Waals surface area contributed by atoms with Crippen molar-refractivity contribution in [3.8, 4) is 0 Å². The molecule has 3 rings (SSSR count). The van der Waals surface area contributed by atoms with Crippen LogP contribution in [-0.4, -0.2) is 145 Å². The first-order chi connectivity index (χ1) is 22.5. The minimum Gasteiger partial charge on any atom is -0.386 e. The van der Waals surface area contributed by atoms with Crippen molar-refractivity contribution in [3.05, 3.63) is 0 Å². The Morgan fingerprint density at radius 2 is 1.84 bits per heavy atom. The number of aliphatic hydroxyl groups is 3. The molecule has 49 heavy (non-hydrogen) atoms. The summed E-state index contributed by atoms with van der Waals surface area (Å²) in [7, 11) is -16.4. The first-order valence-electron chi connectivity index (χ1n) is 14.0. The molecule has 3 aliphatic rings. The van der Waals surface area contributed by atoms with Crippen LogP contribution < -0.4 is 16.4 Å². The third-order valence-corrected chi connectivity index (χ3v) is 10.1. The van der Waals surface area contributed by atoms with E-state index in [2.05, 4.69) is 47.1 Å². The first-order valence-corrected chi connectivity index (χ1v) is 19.2. The molecule has 2 amide bonds. The van der Waals surface area contributed by atoms with Gasteiger partial charge >= 0.3 is 23.5 Å². The zero-order chi connectivity index (χ0) is 37.0. The van der Waals surface area contributed by atoms with Crippen LogP contribution in [0.3, 0.4) is 0 Å². The number of rotatable bonds is 18. The SMILES string of the molecule is CC(C)(COP(=O)(O)OP(=O)(O)OC[C@H]1O[C@@H](N2CN=C3C2=NC=NC3(N)O)[C@H](O)[C@@H]1OP(=O)(O)O)[C@@H](O)C(=O)NCCC(=O)NCCS. The Morgan fingerprint density at radius 3 is 2.47 bits per heavy atom. The standard InChI is InChI=1S/C21H38N7O17P3S/c1-20(2,16(31)18(32)24-4-3-12(29)23-5-6-49)8-42-48(39,40)45-47(37,38)41-7-11-14(44-46(34,35)36)13(30)19(43-11)28-10-26-15-17(28)25-9-27-21(15,22)33/h9,11,13-14,16,19,30-31,33,49H,3-8,10,22H2,1-2H3,(H,23,29)(H,24,32)(H,37,38)(H,39,40)(H2,34,35,36)/t11-,13-,14-,16+,19-,21?/m1/s1. The fourth-order valence-corrected chi connectivity index (χ4v) is 7.32. The molecule has 3 aliphatic heterocycles. The number of hydrogen-bond acceptors (Lipinski definition) is 19. The van der Waals surface area contributed by atoms with Crippen molar-refractivity contribution in [2.45, 2.75) is 56.8 Å². The van der Waals surface area contributed by atoms with Gasteiger partial charge in [0.25, 0.3) is 5.85 Å². The summed E-state index contributed by atoms with van der Waals surface area (Å²) in [6, 6.07) is 0. The van der Waals surface area contributed by atoms with Crippen molar-refractivity contribution in [2.24, 2.45) is 26.1 Å². The highest BCUT2D eigenvalue weighted by molar-refractivity contribution is 7.80. The number of aliphatic hydroxyl groups excluding tert-OH is 2. The minimum absolute atomic E-state index is 0.108. The second kappa shape index (κ2) is 16.3. The second-order valence-corrected chi connectivity index (χ2v) is 15.9. The lowest BCUT2D eigenvalue weighted by molar-refractivity contribution is -0.137. The molecule has 0 aromatic rings. The summed E-state index contributed by atoms with van der Waals surface area (Å²) in [4.78, 5) is 75.5. The number of carbonyl (C=O) groups excluding carboxylic acids is 2. The maximum absolute atomic E-state index is 12.6. The zero-order valence-corrected chi connectivity index (χ0v) is 29.4. The molecular weight excluding hydrogens is 747 g/mol.